The minimum Gasteiger partial charge on any atom is -0.352 e. The lowest BCUT2D eigenvalue weighted by Gasteiger charge is -2.08. The summed E-state index contributed by atoms with van der Waals surface area (Å²) in [5.41, 5.74) is 1.41. The molecule has 144 valence electrons. The topological polar surface area (TPSA) is 71.1 Å². The van der Waals surface area contributed by atoms with Gasteiger partial charge in [0.25, 0.3) is 5.91 Å². The molecule has 28 heavy (non-hydrogen) atoms. The van der Waals surface area contributed by atoms with Gasteiger partial charge in [-0.25, -0.2) is 13.8 Å². The largest absolute Gasteiger partial charge is 0.352 e. The fourth-order valence-corrected chi connectivity index (χ4v) is 3.15. The van der Waals surface area contributed by atoms with Gasteiger partial charge in [-0.2, -0.15) is 0 Å². The molecule has 5 nitrogen and oxygen atoms in total. The summed E-state index contributed by atoms with van der Waals surface area (Å²) < 4.78 is 26.4. The van der Waals surface area contributed by atoms with E-state index in [1.165, 1.54) is 11.3 Å². The molecule has 0 atom stereocenters. The van der Waals surface area contributed by atoms with Gasteiger partial charge >= 0.3 is 0 Å². The van der Waals surface area contributed by atoms with Crippen LogP contribution in [0, 0.1) is 11.6 Å². The zero-order chi connectivity index (χ0) is 19.9. The average Bonchev–Trinajstić information content (AvgIpc) is 3.20. The number of amides is 2. The molecule has 0 saturated heterocycles. The van der Waals surface area contributed by atoms with Gasteiger partial charge in [0.1, 0.15) is 16.6 Å². The van der Waals surface area contributed by atoms with Crippen molar-refractivity contribution >= 4 is 28.8 Å². The van der Waals surface area contributed by atoms with Gasteiger partial charge in [-0.1, -0.05) is 0 Å². The van der Waals surface area contributed by atoms with Crippen LogP contribution in [0.3, 0.4) is 0 Å². The van der Waals surface area contributed by atoms with Crippen molar-refractivity contribution in [1.29, 1.82) is 0 Å². The van der Waals surface area contributed by atoms with Crippen LogP contribution in [0.15, 0.2) is 54.0 Å². The average molecular weight is 401 g/mol. The highest BCUT2D eigenvalue weighted by Crippen LogP contribution is 2.23. The Kier molecular flexibility index (Phi) is 6.44. The highest BCUT2D eigenvalue weighted by atomic mass is 32.1. The first kappa shape index (κ1) is 19.6. The summed E-state index contributed by atoms with van der Waals surface area (Å²) in [4.78, 5) is 28.1. The van der Waals surface area contributed by atoms with Gasteiger partial charge in [-0.15, -0.1) is 11.3 Å². The number of aromatic nitrogens is 1. The normalized spacial score (nSPS) is 10.5. The standard InChI is InChI=1S/C20H17F2N3O2S/c21-14-5-8-16(17(22)12-14)19(27)23-9-1-2-18(26)25-15-6-3-13(4-7-15)20-24-10-11-28-20/h3-8,10-12H,1-2,9H2,(H,23,27)(H,25,26). The molecule has 2 N–H and O–H groups in total. The number of rotatable bonds is 7. The molecule has 8 heteroatoms. The van der Waals surface area contributed by atoms with Crippen LogP contribution in [-0.2, 0) is 4.79 Å². The molecule has 3 aromatic rings. The van der Waals surface area contributed by atoms with Crippen molar-refractivity contribution in [3.8, 4) is 10.6 Å². The van der Waals surface area contributed by atoms with Crippen LogP contribution in [-0.4, -0.2) is 23.3 Å². The SMILES string of the molecule is O=C(CCCNC(=O)c1ccc(F)cc1F)Nc1ccc(-c2nccs2)cc1. The van der Waals surface area contributed by atoms with E-state index in [-0.39, 0.29) is 24.4 Å². The summed E-state index contributed by atoms with van der Waals surface area (Å²) in [7, 11) is 0. The van der Waals surface area contributed by atoms with Gasteiger partial charge < -0.3 is 10.6 Å². The summed E-state index contributed by atoms with van der Waals surface area (Å²) >= 11 is 1.54. The summed E-state index contributed by atoms with van der Waals surface area (Å²) in [5.74, 6) is -2.50. The molecule has 1 aromatic heterocycles. The molecule has 0 radical (unpaired) electrons. The molecule has 1 heterocycles. The van der Waals surface area contributed by atoms with E-state index in [2.05, 4.69) is 15.6 Å². The second-order valence-electron chi connectivity index (χ2n) is 5.95. The maximum atomic E-state index is 13.5. The van der Waals surface area contributed by atoms with E-state index >= 15 is 0 Å². The van der Waals surface area contributed by atoms with E-state index in [9.17, 15) is 18.4 Å². The van der Waals surface area contributed by atoms with Gasteiger partial charge in [0.05, 0.1) is 5.56 Å². The Hall–Kier alpha value is -3.13. The minimum absolute atomic E-state index is 0.191. The number of benzene rings is 2. The monoisotopic (exact) mass is 401 g/mol. The third-order valence-electron chi connectivity index (χ3n) is 3.89. The maximum absolute atomic E-state index is 13.5. The quantitative estimate of drug-likeness (QED) is 0.582. The van der Waals surface area contributed by atoms with Crippen molar-refractivity contribution < 1.29 is 18.4 Å². The molecule has 0 aliphatic rings. The maximum Gasteiger partial charge on any atom is 0.254 e. The Morgan fingerprint density at radius 2 is 1.86 bits per heavy atom. The van der Waals surface area contributed by atoms with Gasteiger partial charge in [-0.05, 0) is 42.8 Å². The van der Waals surface area contributed by atoms with Crippen LogP contribution >= 0.6 is 11.3 Å². The summed E-state index contributed by atoms with van der Waals surface area (Å²) in [5, 5.41) is 8.10. The molecule has 2 aromatic carbocycles. The fraction of sp³-hybridized carbons (Fsp3) is 0.150. The van der Waals surface area contributed by atoms with E-state index < -0.39 is 17.5 Å². The Labute approximate surface area is 164 Å². The number of carbonyl (C=O) groups excluding carboxylic acids is 2. The van der Waals surface area contributed by atoms with Gasteiger partial charge in [0.2, 0.25) is 5.91 Å². The Morgan fingerprint density at radius 3 is 2.54 bits per heavy atom. The van der Waals surface area contributed by atoms with Crippen molar-refractivity contribution in [2.75, 3.05) is 11.9 Å². The van der Waals surface area contributed by atoms with Crippen molar-refractivity contribution in [2.24, 2.45) is 0 Å². The van der Waals surface area contributed by atoms with Gasteiger partial charge in [0.15, 0.2) is 0 Å². The van der Waals surface area contributed by atoms with Crippen molar-refractivity contribution in [3.05, 3.63) is 71.2 Å². The number of nitrogens with zero attached hydrogens (tertiary/aromatic N) is 1. The third kappa shape index (κ3) is 5.20. The van der Waals surface area contributed by atoms with Crippen LogP contribution < -0.4 is 10.6 Å². The molecule has 0 bridgehead atoms. The van der Waals surface area contributed by atoms with Crippen LogP contribution in [0.5, 0.6) is 0 Å². The van der Waals surface area contributed by atoms with Gasteiger partial charge in [0, 0.05) is 41.9 Å². The Morgan fingerprint density at radius 1 is 1.07 bits per heavy atom. The number of thiazole rings is 1. The van der Waals surface area contributed by atoms with E-state index in [4.69, 9.17) is 0 Å². The lowest BCUT2D eigenvalue weighted by atomic mass is 10.2. The lowest BCUT2D eigenvalue weighted by molar-refractivity contribution is -0.116. The minimum atomic E-state index is -0.920. The first-order valence-electron chi connectivity index (χ1n) is 8.56. The number of hydrogen-bond acceptors (Lipinski definition) is 4. The summed E-state index contributed by atoms with van der Waals surface area (Å²) in [6, 6.07) is 10.1. The molecule has 2 amide bonds. The molecule has 0 spiro atoms. The Balaban J connectivity index is 1.41. The zero-order valence-electron chi connectivity index (χ0n) is 14.7. The number of carbonyl (C=O) groups is 2. The molecular weight excluding hydrogens is 384 g/mol. The number of halogens is 2. The van der Waals surface area contributed by atoms with Crippen LogP contribution in [0.4, 0.5) is 14.5 Å². The van der Waals surface area contributed by atoms with Crippen LogP contribution in [0.2, 0.25) is 0 Å². The summed E-state index contributed by atoms with van der Waals surface area (Å²) in [6.45, 7) is 0.200. The molecule has 0 aliphatic heterocycles. The van der Waals surface area contributed by atoms with E-state index in [1.807, 2.05) is 17.5 Å². The van der Waals surface area contributed by atoms with E-state index in [0.717, 1.165) is 22.7 Å². The second-order valence-corrected chi connectivity index (χ2v) is 6.84. The number of anilines is 1. The zero-order valence-corrected chi connectivity index (χ0v) is 15.6. The molecule has 0 fully saturated rings. The lowest BCUT2D eigenvalue weighted by Crippen LogP contribution is -2.26. The first-order valence-corrected chi connectivity index (χ1v) is 9.44. The van der Waals surface area contributed by atoms with Gasteiger partial charge in [-0.3, -0.25) is 9.59 Å². The molecule has 0 aliphatic carbocycles. The first-order chi connectivity index (χ1) is 13.5. The Bertz CT molecular complexity index is 960. The van der Waals surface area contributed by atoms with Crippen molar-refractivity contribution in [1.82, 2.24) is 10.3 Å². The van der Waals surface area contributed by atoms with E-state index in [1.54, 1.807) is 18.3 Å². The highest BCUT2D eigenvalue weighted by Gasteiger charge is 2.12. The number of hydrogen-bond donors (Lipinski definition) is 2. The second kappa shape index (κ2) is 9.18. The summed E-state index contributed by atoms with van der Waals surface area (Å²) in [6.07, 6.45) is 2.32. The smallest absolute Gasteiger partial charge is 0.254 e. The molecule has 0 unspecified atom stereocenters. The van der Waals surface area contributed by atoms with Crippen molar-refractivity contribution in [2.45, 2.75) is 12.8 Å². The molecule has 0 saturated carbocycles. The number of nitrogens with one attached hydrogen (secondary N) is 2. The molecule has 3 rings (SSSR count). The van der Waals surface area contributed by atoms with Crippen molar-refractivity contribution in [3.63, 3.8) is 0 Å². The fourth-order valence-electron chi connectivity index (χ4n) is 2.51. The third-order valence-corrected chi connectivity index (χ3v) is 4.71. The van der Waals surface area contributed by atoms with Crippen LogP contribution in [0.1, 0.15) is 23.2 Å². The van der Waals surface area contributed by atoms with E-state index in [0.29, 0.717) is 18.2 Å². The highest BCUT2D eigenvalue weighted by molar-refractivity contribution is 7.13. The predicted molar refractivity (Wildman–Crippen MR) is 104 cm³/mol. The van der Waals surface area contributed by atoms with Crippen LogP contribution in [0.25, 0.3) is 10.6 Å². The predicted octanol–water partition coefficient (Wildman–Crippen LogP) is 4.24. The molecular formula is C20H17F2N3O2S.